The maximum absolute atomic E-state index is 11.6. The van der Waals surface area contributed by atoms with E-state index in [0.29, 0.717) is 24.9 Å². The van der Waals surface area contributed by atoms with Gasteiger partial charge < -0.3 is 14.4 Å². The number of methoxy groups -OCH3 is 1. The third-order valence-electron chi connectivity index (χ3n) is 3.27. The summed E-state index contributed by atoms with van der Waals surface area (Å²) >= 11 is 1.50. The molecule has 2 rings (SSSR count). The van der Waals surface area contributed by atoms with Gasteiger partial charge in [-0.1, -0.05) is 0 Å². The molecular formula is C13H20N2O3S. The maximum Gasteiger partial charge on any atom is 0.357 e. The van der Waals surface area contributed by atoms with Crippen LogP contribution < -0.4 is 4.90 Å². The lowest BCUT2D eigenvalue weighted by Gasteiger charge is -2.37. The van der Waals surface area contributed by atoms with Gasteiger partial charge in [0.25, 0.3) is 0 Å². The van der Waals surface area contributed by atoms with E-state index >= 15 is 0 Å². The van der Waals surface area contributed by atoms with Gasteiger partial charge in [0.1, 0.15) is 0 Å². The Morgan fingerprint density at radius 3 is 2.95 bits per heavy atom. The summed E-state index contributed by atoms with van der Waals surface area (Å²) in [7, 11) is 1.70. The van der Waals surface area contributed by atoms with Gasteiger partial charge in [0.05, 0.1) is 13.2 Å². The smallest absolute Gasteiger partial charge is 0.357 e. The van der Waals surface area contributed by atoms with Crippen molar-refractivity contribution in [2.24, 2.45) is 0 Å². The van der Waals surface area contributed by atoms with Gasteiger partial charge in [-0.2, -0.15) is 0 Å². The van der Waals surface area contributed by atoms with E-state index in [0.717, 1.165) is 11.7 Å². The van der Waals surface area contributed by atoms with Crippen LogP contribution in [0.5, 0.6) is 0 Å². The van der Waals surface area contributed by atoms with Crippen LogP contribution in [0.4, 0.5) is 5.13 Å². The molecule has 0 radical (unpaired) electrons. The highest BCUT2D eigenvalue weighted by atomic mass is 32.1. The highest BCUT2D eigenvalue weighted by Crippen LogP contribution is 2.31. The van der Waals surface area contributed by atoms with Crippen molar-refractivity contribution in [2.45, 2.75) is 32.2 Å². The zero-order valence-corrected chi connectivity index (χ0v) is 12.2. The lowest BCUT2D eigenvalue weighted by molar-refractivity contribution is 0.0520. The normalized spacial score (nSPS) is 15.1. The van der Waals surface area contributed by atoms with Gasteiger partial charge in [-0.15, -0.1) is 11.3 Å². The highest BCUT2D eigenvalue weighted by Gasteiger charge is 2.27. The first-order valence-electron chi connectivity index (χ1n) is 6.64. The van der Waals surface area contributed by atoms with Crippen LogP contribution in [-0.2, 0) is 9.47 Å². The summed E-state index contributed by atoms with van der Waals surface area (Å²) < 4.78 is 10.1. The second kappa shape index (κ2) is 6.86. The summed E-state index contributed by atoms with van der Waals surface area (Å²) in [4.78, 5) is 18.3. The Morgan fingerprint density at radius 2 is 2.37 bits per heavy atom. The molecule has 0 N–H and O–H groups in total. The Bertz CT molecular complexity index is 418. The highest BCUT2D eigenvalue weighted by molar-refractivity contribution is 7.13. The Morgan fingerprint density at radius 1 is 1.58 bits per heavy atom. The number of carbonyl (C=O) groups is 1. The van der Waals surface area contributed by atoms with E-state index in [-0.39, 0.29) is 5.97 Å². The van der Waals surface area contributed by atoms with Crippen molar-refractivity contribution in [3.8, 4) is 0 Å². The molecule has 1 saturated carbocycles. The fourth-order valence-electron chi connectivity index (χ4n) is 2.02. The number of hydrogen-bond donors (Lipinski definition) is 0. The van der Waals surface area contributed by atoms with E-state index in [2.05, 4.69) is 9.88 Å². The van der Waals surface area contributed by atoms with E-state index in [1.165, 1.54) is 30.6 Å². The Balaban J connectivity index is 2.06. The lowest BCUT2D eigenvalue weighted by Crippen LogP contribution is -2.42. The van der Waals surface area contributed by atoms with Crippen molar-refractivity contribution in [3.05, 3.63) is 11.1 Å². The molecule has 1 aliphatic carbocycles. The fourth-order valence-corrected chi connectivity index (χ4v) is 2.91. The Hall–Kier alpha value is -1.14. The number of anilines is 1. The van der Waals surface area contributed by atoms with Crippen LogP contribution in [0.2, 0.25) is 0 Å². The Labute approximate surface area is 117 Å². The molecule has 1 heterocycles. The predicted molar refractivity (Wildman–Crippen MR) is 74.9 cm³/mol. The monoisotopic (exact) mass is 284 g/mol. The number of hydrogen-bond acceptors (Lipinski definition) is 6. The molecule has 5 nitrogen and oxygen atoms in total. The molecule has 19 heavy (non-hydrogen) atoms. The van der Waals surface area contributed by atoms with E-state index in [9.17, 15) is 4.79 Å². The van der Waals surface area contributed by atoms with Crippen LogP contribution in [-0.4, -0.2) is 43.9 Å². The van der Waals surface area contributed by atoms with Crippen LogP contribution in [0, 0.1) is 0 Å². The van der Waals surface area contributed by atoms with Crippen molar-refractivity contribution in [1.29, 1.82) is 0 Å². The average molecular weight is 284 g/mol. The van der Waals surface area contributed by atoms with Gasteiger partial charge in [0.15, 0.2) is 10.8 Å². The number of aromatic nitrogens is 1. The number of rotatable bonds is 7. The molecule has 6 heteroatoms. The summed E-state index contributed by atoms with van der Waals surface area (Å²) in [6.45, 7) is 3.66. The summed E-state index contributed by atoms with van der Waals surface area (Å²) in [6, 6.07) is 0.538. The van der Waals surface area contributed by atoms with Crippen molar-refractivity contribution in [2.75, 3.05) is 31.8 Å². The minimum atomic E-state index is -0.342. The standard InChI is InChI=1S/C13H20N2O3S/c1-3-18-12(16)11-9-19-13(14-11)15(7-8-17-2)10-5-4-6-10/h9-10H,3-8H2,1-2H3. The van der Waals surface area contributed by atoms with Crippen molar-refractivity contribution in [1.82, 2.24) is 4.98 Å². The van der Waals surface area contributed by atoms with E-state index < -0.39 is 0 Å². The summed E-state index contributed by atoms with van der Waals surface area (Å²) in [5.41, 5.74) is 0.406. The van der Waals surface area contributed by atoms with Crippen LogP contribution >= 0.6 is 11.3 Å². The van der Waals surface area contributed by atoms with Crippen molar-refractivity contribution in [3.63, 3.8) is 0 Å². The van der Waals surface area contributed by atoms with Gasteiger partial charge in [-0.05, 0) is 26.2 Å². The second-order valence-corrected chi connectivity index (χ2v) is 5.34. The number of carbonyl (C=O) groups excluding carboxylic acids is 1. The van der Waals surface area contributed by atoms with Gasteiger partial charge in [-0.3, -0.25) is 0 Å². The minimum absolute atomic E-state index is 0.342. The van der Waals surface area contributed by atoms with Gasteiger partial charge >= 0.3 is 5.97 Å². The second-order valence-electron chi connectivity index (χ2n) is 4.51. The number of nitrogens with zero attached hydrogens (tertiary/aromatic N) is 2. The number of ether oxygens (including phenoxy) is 2. The van der Waals surface area contributed by atoms with Gasteiger partial charge in [0.2, 0.25) is 0 Å². The van der Waals surface area contributed by atoms with Crippen LogP contribution in [0.1, 0.15) is 36.7 Å². The molecule has 0 aliphatic heterocycles. The number of thiazole rings is 1. The zero-order valence-electron chi connectivity index (χ0n) is 11.4. The predicted octanol–water partition coefficient (Wildman–Crippen LogP) is 2.33. The van der Waals surface area contributed by atoms with E-state index in [4.69, 9.17) is 9.47 Å². The lowest BCUT2D eigenvalue weighted by atomic mass is 9.92. The van der Waals surface area contributed by atoms with Crippen molar-refractivity contribution >= 4 is 22.4 Å². The quantitative estimate of drug-likeness (QED) is 0.719. The molecule has 106 valence electrons. The molecule has 0 bridgehead atoms. The van der Waals surface area contributed by atoms with E-state index in [1.807, 2.05) is 0 Å². The molecule has 1 aromatic heterocycles. The van der Waals surface area contributed by atoms with Crippen LogP contribution in [0.15, 0.2) is 5.38 Å². The first-order chi connectivity index (χ1) is 9.26. The molecule has 0 saturated heterocycles. The molecule has 1 aromatic rings. The Kier molecular flexibility index (Phi) is 5.15. The van der Waals surface area contributed by atoms with E-state index in [1.54, 1.807) is 19.4 Å². The topological polar surface area (TPSA) is 51.7 Å². The molecule has 0 atom stereocenters. The van der Waals surface area contributed by atoms with Crippen molar-refractivity contribution < 1.29 is 14.3 Å². The SMILES string of the molecule is CCOC(=O)c1csc(N(CCOC)C2CCC2)n1. The maximum atomic E-state index is 11.6. The first-order valence-corrected chi connectivity index (χ1v) is 7.52. The summed E-state index contributed by atoms with van der Waals surface area (Å²) in [5, 5.41) is 2.66. The molecule has 0 aromatic carbocycles. The summed E-state index contributed by atoms with van der Waals surface area (Å²) in [5.74, 6) is -0.342. The molecule has 0 amide bonds. The van der Waals surface area contributed by atoms with Gasteiger partial charge in [0, 0.05) is 25.1 Å². The molecule has 1 fully saturated rings. The van der Waals surface area contributed by atoms with Gasteiger partial charge in [-0.25, -0.2) is 9.78 Å². The third kappa shape index (κ3) is 3.45. The first kappa shape index (κ1) is 14.3. The molecule has 1 aliphatic rings. The number of esters is 1. The molecular weight excluding hydrogens is 264 g/mol. The zero-order chi connectivity index (χ0) is 13.7. The average Bonchev–Trinajstić information content (AvgIpc) is 2.81. The van der Waals surface area contributed by atoms with Crippen LogP contribution in [0.25, 0.3) is 0 Å². The third-order valence-corrected chi connectivity index (χ3v) is 4.15. The fraction of sp³-hybridized carbons (Fsp3) is 0.692. The molecule has 0 unspecified atom stereocenters. The minimum Gasteiger partial charge on any atom is -0.461 e. The molecule has 0 spiro atoms. The van der Waals surface area contributed by atoms with Crippen LogP contribution in [0.3, 0.4) is 0 Å². The largest absolute Gasteiger partial charge is 0.461 e. The summed E-state index contributed by atoms with van der Waals surface area (Å²) in [6.07, 6.45) is 3.65.